The first-order valence-electron chi connectivity index (χ1n) is 11.5. The third kappa shape index (κ3) is 6.76. The summed E-state index contributed by atoms with van der Waals surface area (Å²) in [6, 6.07) is 8.18. The van der Waals surface area contributed by atoms with E-state index in [1.807, 2.05) is 0 Å². The lowest BCUT2D eigenvalue weighted by molar-refractivity contribution is -0.227. The minimum atomic E-state index is -1.91. The number of ketones is 1. The molecule has 0 saturated carbocycles. The van der Waals surface area contributed by atoms with Crippen LogP contribution < -0.4 is 0 Å². The lowest BCUT2D eigenvalue weighted by Gasteiger charge is -2.38. The highest BCUT2D eigenvalue weighted by molar-refractivity contribution is 9.11. The molecule has 1 fully saturated rings. The quantitative estimate of drug-likeness (QED) is 0.334. The molecule has 0 aromatic heterocycles. The van der Waals surface area contributed by atoms with Crippen LogP contribution in [0.4, 0.5) is 4.79 Å². The van der Waals surface area contributed by atoms with Gasteiger partial charge in [0.05, 0.1) is 30.9 Å². The number of ether oxygens (including phenoxy) is 5. The first-order chi connectivity index (χ1) is 17.3. The van der Waals surface area contributed by atoms with Crippen LogP contribution in [-0.4, -0.2) is 97.6 Å². The highest BCUT2D eigenvalue weighted by Gasteiger charge is 2.50. The topological polar surface area (TPSA) is 141 Å². The Labute approximate surface area is 217 Å². The molecule has 36 heavy (non-hydrogen) atoms. The zero-order chi connectivity index (χ0) is 26.1. The Hall–Kier alpha value is -2.19. The predicted molar refractivity (Wildman–Crippen MR) is 128 cm³/mol. The number of halogens is 1. The molecule has 11 nitrogen and oxygen atoms in total. The molecule has 1 aromatic rings. The number of rotatable bonds is 13. The number of hydrogen-bond donors (Lipinski definition) is 2. The van der Waals surface area contributed by atoms with E-state index in [0.717, 1.165) is 11.0 Å². The van der Waals surface area contributed by atoms with Gasteiger partial charge < -0.3 is 33.9 Å². The number of aliphatic hydroxyl groups excluding tert-OH is 1. The second-order valence-electron chi connectivity index (χ2n) is 8.14. The average Bonchev–Trinajstić information content (AvgIpc) is 3.26. The Balaban J connectivity index is 1.67. The van der Waals surface area contributed by atoms with Crippen LogP contribution in [0.15, 0.2) is 40.9 Å². The number of cyclic esters (lactones) is 1. The van der Waals surface area contributed by atoms with Crippen molar-refractivity contribution >= 4 is 33.7 Å². The van der Waals surface area contributed by atoms with Crippen LogP contribution in [0.5, 0.6) is 0 Å². The molecule has 0 bridgehead atoms. The zero-order valence-corrected chi connectivity index (χ0v) is 21.4. The van der Waals surface area contributed by atoms with Gasteiger partial charge in [-0.3, -0.25) is 9.59 Å². The van der Waals surface area contributed by atoms with E-state index >= 15 is 0 Å². The van der Waals surface area contributed by atoms with Crippen LogP contribution in [0.1, 0.15) is 24.4 Å². The van der Waals surface area contributed by atoms with Crippen molar-refractivity contribution in [3.8, 4) is 0 Å². The molecule has 4 atom stereocenters. The number of nitrogens with zero attached hydrogens (tertiary/aromatic N) is 1. The number of amides is 2. The number of benzene rings is 1. The highest BCUT2D eigenvalue weighted by Crippen LogP contribution is 2.37. The molecule has 0 unspecified atom stereocenters. The SMILES string of the molecule is CO[C@H](C(=O)N1C(=O)OC[C@@H]1c1ccccc1)[C@@H]1O[C@](O)(CCCOCCOCCO)C(Br)=CC1=O. The molecule has 1 aromatic carbocycles. The number of aliphatic hydroxyl groups is 2. The monoisotopic (exact) mass is 571 g/mol. The standard InChI is InChI=1S/C24H30BrNO10/c1-32-21(22(29)26-17(15-35-23(26)30)16-6-3-2-4-7-16)20-18(28)14-19(25)24(31,36-20)8-5-10-33-12-13-34-11-9-27/h2-4,6-7,14,17,20-21,27,31H,5,8-13,15H2,1H3/t17-,20-,21+,24-/m1/s1. The van der Waals surface area contributed by atoms with E-state index in [4.69, 9.17) is 28.8 Å². The number of hydrogen-bond acceptors (Lipinski definition) is 10. The third-order valence-electron chi connectivity index (χ3n) is 5.72. The molecular formula is C24H30BrNO10. The van der Waals surface area contributed by atoms with Crippen molar-refractivity contribution in [2.24, 2.45) is 0 Å². The molecule has 2 N–H and O–H groups in total. The highest BCUT2D eigenvalue weighted by atomic mass is 79.9. The number of carbonyl (C=O) groups excluding carboxylic acids is 3. The van der Waals surface area contributed by atoms with Crippen molar-refractivity contribution in [1.29, 1.82) is 0 Å². The van der Waals surface area contributed by atoms with Gasteiger partial charge in [-0.05, 0) is 34.0 Å². The van der Waals surface area contributed by atoms with Crippen molar-refractivity contribution in [3.63, 3.8) is 0 Å². The van der Waals surface area contributed by atoms with Gasteiger partial charge >= 0.3 is 6.09 Å². The number of imide groups is 1. The Kier molecular flexibility index (Phi) is 10.5. The minimum Gasteiger partial charge on any atom is -0.446 e. The first-order valence-corrected chi connectivity index (χ1v) is 12.3. The number of methoxy groups -OCH3 is 1. The molecule has 0 radical (unpaired) electrons. The minimum absolute atomic E-state index is 0.0368. The van der Waals surface area contributed by atoms with Crippen LogP contribution in [0.3, 0.4) is 0 Å². The van der Waals surface area contributed by atoms with E-state index in [9.17, 15) is 19.5 Å². The van der Waals surface area contributed by atoms with Gasteiger partial charge in [0.15, 0.2) is 23.8 Å². The van der Waals surface area contributed by atoms with Crippen LogP contribution >= 0.6 is 15.9 Å². The fourth-order valence-electron chi connectivity index (χ4n) is 3.91. The Morgan fingerprint density at radius 1 is 1.19 bits per heavy atom. The summed E-state index contributed by atoms with van der Waals surface area (Å²) in [6.07, 6.45) is -2.29. The van der Waals surface area contributed by atoms with E-state index in [0.29, 0.717) is 25.2 Å². The molecule has 0 spiro atoms. The smallest absolute Gasteiger partial charge is 0.417 e. The lowest BCUT2D eigenvalue weighted by Crippen LogP contribution is -2.55. The van der Waals surface area contributed by atoms with E-state index in [1.165, 1.54) is 7.11 Å². The predicted octanol–water partition coefficient (Wildman–Crippen LogP) is 1.46. The fraction of sp³-hybridized carbons (Fsp3) is 0.542. The molecule has 198 valence electrons. The summed E-state index contributed by atoms with van der Waals surface area (Å²) in [7, 11) is 1.22. The van der Waals surface area contributed by atoms with Crippen molar-refractivity contribution in [2.75, 3.05) is 46.8 Å². The van der Waals surface area contributed by atoms with Gasteiger partial charge in [0.1, 0.15) is 12.6 Å². The molecule has 2 heterocycles. The molecule has 12 heteroatoms. The first kappa shape index (κ1) is 28.4. The van der Waals surface area contributed by atoms with Crippen molar-refractivity contribution in [1.82, 2.24) is 4.90 Å². The Morgan fingerprint density at radius 2 is 1.89 bits per heavy atom. The summed E-state index contributed by atoms with van der Waals surface area (Å²) in [5, 5.41) is 19.8. The maximum atomic E-state index is 13.4. The summed E-state index contributed by atoms with van der Waals surface area (Å²) < 4.78 is 26.8. The van der Waals surface area contributed by atoms with Crippen LogP contribution in [0, 0.1) is 0 Å². The average molecular weight is 572 g/mol. The zero-order valence-electron chi connectivity index (χ0n) is 19.8. The Bertz CT molecular complexity index is 942. The second-order valence-corrected chi connectivity index (χ2v) is 8.99. The van der Waals surface area contributed by atoms with Crippen molar-refractivity contribution in [2.45, 2.75) is 36.9 Å². The molecule has 0 aliphatic carbocycles. The number of carbonyl (C=O) groups is 3. The van der Waals surface area contributed by atoms with Crippen LogP contribution in [0.2, 0.25) is 0 Å². The van der Waals surface area contributed by atoms with Gasteiger partial charge in [0.2, 0.25) is 0 Å². The maximum Gasteiger partial charge on any atom is 0.417 e. The fourth-order valence-corrected chi connectivity index (χ4v) is 4.43. The normalized spacial score (nSPS) is 25.0. The molecule has 2 amide bonds. The summed E-state index contributed by atoms with van der Waals surface area (Å²) in [6.45, 7) is 1.03. The largest absolute Gasteiger partial charge is 0.446 e. The van der Waals surface area contributed by atoms with E-state index in [2.05, 4.69) is 15.9 Å². The van der Waals surface area contributed by atoms with Gasteiger partial charge in [-0.2, -0.15) is 0 Å². The van der Waals surface area contributed by atoms with Gasteiger partial charge in [0, 0.05) is 20.1 Å². The van der Waals surface area contributed by atoms with E-state index in [1.54, 1.807) is 30.3 Å². The Morgan fingerprint density at radius 3 is 2.56 bits per heavy atom. The molecule has 3 rings (SSSR count). The lowest BCUT2D eigenvalue weighted by atomic mass is 9.99. The molecule has 1 saturated heterocycles. The summed E-state index contributed by atoms with van der Waals surface area (Å²) in [5.74, 6) is -3.32. The second kappa shape index (κ2) is 13.4. The van der Waals surface area contributed by atoms with Crippen LogP contribution in [0.25, 0.3) is 0 Å². The summed E-state index contributed by atoms with van der Waals surface area (Å²) in [4.78, 5) is 39.6. The van der Waals surface area contributed by atoms with Gasteiger partial charge in [-0.1, -0.05) is 30.3 Å². The third-order valence-corrected chi connectivity index (χ3v) is 6.57. The molecular weight excluding hydrogens is 542 g/mol. The van der Waals surface area contributed by atoms with Gasteiger partial charge in [-0.15, -0.1) is 0 Å². The van der Waals surface area contributed by atoms with Crippen molar-refractivity contribution in [3.05, 3.63) is 46.5 Å². The van der Waals surface area contributed by atoms with Crippen LogP contribution in [-0.2, 0) is 33.3 Å². The molecule has 2 aliphatic rings. The molecule has 2 aliphatic heterocycles. The summed E-state index contributed by atoms with van der Waals surface area (Å²) >= 11 is 3.18. The van der Waals surface area contributed by atoms with E-state index in [-0.39, 0.29) is 37.3 Å². The maximum absolute atomic E-state index is 13.4. The van der Waals surface area contributed by atoms with Gasteiger partial charge in [-0.25, -0.2) is 9.69 Å². The summed E-state index contributed by atoms with van der Waals surface area (Å²) in [5.41, 5.74) is 0.684. The van der Waals surface area contributed by atoms with E-state index < -0.39 is 41.8 Å². The van der Waals surface area contributed by atoms with Gasteiger partial charge in [0.25, 0.3) is 5.91 Å². The van der Waals surface area contributed by atoms with Crippen molar-refractivity contribution < 1.29 is 48.3 Å².